The SMILES string of the molecule is NC(=S)c1ccc(OCCOc2cc(Cl)ccc2Cl)cc1. The minimum absolute atomic E-state index is 0.358. The molecule has 2 N–H and O–H groups in total. The zero-order chi connectivity index (χ0) is 15.2. The van der Waals surface area contributed by atoms with Gasteiger partial charge in [-0.05, 0) is 36.4 Å². The minimum Gasteiger partial charge on any atom is -0.490 e. The quantitative estimate of drug-likeness (QED) is 0.634. The maximum atomic E-state index is 5.99. The Labute approximate surface area is 138 Å². The Bertz CT molecular complexity index is 632. The molecule has 21 heavy (non-hydrogen) atoms. The van der Waals surface area contributed by atoms with Gasteiger partial charge in [0.2, 0.25) is 0 Å². The molecule has 2 rings (SSSR count). The van der Waals surface area contributed by atoms with Crippen LogP contribution in [0, 0.1) is 0 Å². The first-order chi connectivity index (χ1) is 10.1. The second kappa shape index (κ2) is 7.50. The lowest BCUT2D eigenvalue weighted by molar-refractivity contribution is 0.217. The Morgan fingerprint density at radius 2 is 1.67 bits per heavy atom. The van der Waals surface area contributed by atoms with Crippen molar-refractivity contribution in [2.75, 3.05) is 13.2 Å². The van der Waals surface area contributed by atoms with Crippen LogP contribution in [0.1, 0.15) is 5.56 Å². The molecule has 0 aliphatic heterocycles. The van der Waals surface area contributed by atoms with Crippen LogP contribution in [-0.4, -0.2) is 18.2 Å². The first-order valence-electron chi connectivity index (χ1n) is 6.17. The number of hydrogen-bond donors (Lipinski definition) is 1. The van der Waals surface area contributed by atoms with E-state index in [-0.39, 0.29) is 0 Å². The van der Waals surface area contributed by atoms with Crippen LogP contribution in [0.4, 0.5) is 0 Å². The molecule has 0 amide bonds. The average Bonchev–Trinajstić information content (AvgIpc) is 2.47. The number of thiocarbonyl (C=S) groups is 1. The Balaban J connectivity index is 1.81. The predicted molar refractivity (Wildman–Crippen MR) is 89.8 cm³/mol. The van der Waals surface area contributed by atoms with Crippen LogP contribution in [0.25, 0.3) is 0 Å². The highest BCUT2D eigenvalue weighted by atomic mass is 35.5. The first-order valence-corrected chi connectivity index (χ1v) is 7.33. The fourth-order valence-electron chi connectivity index (χ4n) is 1.61. The molecule has 2 aromatic rings. The van der Waals surface area contributed by atoms with E-state index >= 15 is 0 Å². The standard InChI is InChI=1S/C15H13Cl2NO2S/c16-11-3-6-13(17)14(9-11)20-8-7-19-12-4-1-10(2-5-12)15(18)21/h1-6,9H,7-8H2,(H2,18,21). The highest BCUT2D eigenvalue weighted by Crippen LogP contribution is 2.27. The molecule has 6 heteroatoms. The third kappa shape index (κ3) is 4.77. The van der Waals surface area contributed by atoms with E-state index in [9.17, 15) is 0 Å². The molecule has 0 atom stereocenters. The molecule has 0 aromatic heterocycles. The van der Waals surface area contributed by atoms with Gasteiger partial charge in [-0.15, -0.1) is 0 Å². The molecule has 0 aliphatic rings. The van der Waals surface area contributed by atoms with Crippen LogP contribution < -0.4 is 15.2 Å². The van der Waals surface area contributed by atoms with E-state index in [4.69, 9.17) is 50.6 Å². The van der Waals surface area contributed by atoms with Crippen LogP contribution in [0.15, 0.2) is 42.5 Å². The molecule has 110 valence electrons. The van der Waals surface area contributed by atoms with Crippen molar-refractivity contribution in [3.63, 3.8) is 0 Å². The van der Waals surface area contributed by atoms with Gasteiger partial charge in [0.1, 0.15) is 29.7 Å². The number of benzene rings is 2. The van der Waals surface area contributed by atoms with E-state index in [0.29, 0.717) is 34.0 Å². The molecule has 3 nitrogen and oxygen atoms in total. The molecular weight excluding hydrogens is 329 g/mol. The summed E-state index contributed by atoms with van der Waals surface area (Å²) in [7, 11) is 0. The molecule has 0 saturated carbocycles. The van der Waals surface area contributed by atoms with E-state index in [2.05, 4.69) is 0 Å². The molecule has 0 aliphatic carbocycles. The number of hydrogen-bond acceptors (Lipinski definition) is 3. The number of ether oxygens (including phenoxy) is 2. The predicted octanol–water partition coefficient (Wildman–Crippen LogP) is 4.09. The summed E-state index contributed by atoms with van der Waals surface area (Å²) < 4.78 is 11.1. The zero-order valence-corrected chi connectivity index (χ0v) is 13.3. The van der Waals surface area contributed by atoms with Gasteiger partial charge in [-0.3, -0.25) is 0 Å². The van der Waals surface area contributed by atoms with Gasteiger partial charge in [0.15, 0.2) is 0 Å². The van der Waals surface area contributed by atoms with Crippen molar-refractivity contribution in [1.29, 1.82) is 0 Å². The lowest BCUT2D eigenvalue weighted by atomic mass is 10.2. The zero-order valence-electron chi connectivity index (χ0n) is 11.0. The highest BCUT2D eigenvalue weighted by Gasteiger charge is 2.03. The second-order valence-corrected chi connectivity index (χ2v) is 5.44. The van der Waals surface area contributed by atoms with Gasteiger partial charge < -0.3 is 15.2 Å². The maximum Gasteiger partial charge on any atom is 0.139 e. The molecular formula is C15H13Cl2NO2S. The summed E-state index contributed by atoms with van der Waals surface area (Å²) in [5.41, 5.74) is 6.33. The molecule has 0 bridgehead atoms. The first kappa shape index (κ1) is 15.9. The second-order valence-electron chi connectivity index (χ2n) is 4.16. The summed E-state index contributed by atoms with van der Waals surface area (Å²) in [6, 6.07) is 12.3. The molecule has 0 fully saturated rings. The Kier molecular flexibility index (Phi) is 5.67. The van der Waals surface area contributed by atoms with Gasteiger partial charge in [-0.1, -0.05) is 35.4 Å². The van der Waals surface area contributed by atoms with Gasteiger partial charge in [-0.2, -0.15) is 0 Å². The molecule has 0 radical (unpaired) electrons. The van der Waals surface area contributed by atoms with Crippen molar-refractivity contribution in [3.05, 3.63) is 58.1 Å². The third-order valence-corrected chi connectivity index (χ3v) is 3.42. The van der Waals surface area contributed by atoms with Crippen LogP contribution in [0.5, 0.6) is 11.5 Å². The van der Waals surface area contributed by atoms with Gasteiger partial charge in [-0.25, -0.2) is 0 Å². The topological polar surface area (TPSA) is 44.5 Å². The Hall–Kier alpha value is -1.49. The fraction of sp³-hybridized carbons (Fsp3) is 0.133. The minimum atomic E-state index is 0.358. The smallest absolute Gasteiger partial charge is 0.139 e. The summed E-state index contributed by atoms with van der Waals surface area (Å²) in [5.74, 6) is 1.26. The van der Waals surface area contributed by atoms with Gasteiger partial charge in [0.05, 0.1) is 5.02 Å². The van der Waals surface area contributed by atoms with Crippen LogP contribution in [0.3, 0.4) is 0 Å². The summed E-state index contributed by atoms with van der Waals surface area (Å²) in [5, 5.41) is 1.09. The van der Waals surface area contributed by atoms with E-state index in [1.54, 1.807) is 30.3 Å². The van der Waals surface area contributed by atoms with Crippen molar-refractivity contribution < 1.29 is 9.47 Å². The lowest BCUT2D eigenvalue weighted by Crippen LogP contribution is -2.10. The van der Waals surface area contributed by atoms with E-state index in [1.807, 2.05) is 12.1 Å². The third-order valence-electron chi connectivity index (χ3n) is 2.64. The highest BCUT2D eigenvalue weighted by molar-refractivity contribution is 7.80. The van der Waals surface area contributed by atoms with Gasteiger partial charge in [0, 0.05) is 16.7 Å². The van der Waals surface area contributed by atoms with Gasteiger partial charge >= 0.3 is 0 Å². The van der Waals surface area contributed by atoms with E-state index < -0.39 is 0 Å². The van der Waals surface area contributed by atoms with Crippen molar-refractivity contribution in [2.24, 2.45) is 5.73 Å². The monoisotopic (exact) mass is 341 g/mol. The van der Waals surface area contributed by atoms with E-state index in [1.165, 1.54) is 0 Å². The largest absolute Gasteiger partial charge is 0.490 e. The molecule has 0 spiro atoms. The average molecular weight is 342 g/mol. The van der Waals surface area contributed by atoms with Crippen molar-refractivity contribution in [3.8, 4) is 11.5 Å². The van der Waals surface area contributed by atoms with Gasteiger partial charge in [0.25, 0.3) is 0 Å². The summed E-state index contributed by atoms with van der Waals surface area (Å²) in [4.78, 5) is 0.362. The Morgan fingerprint density at radius 1 is 1.00 bits per heavy atom. The molecule has 0 heterocycles. The summed E-state index contributed by atoms with van der Waals surface area (Å²) in [6.07, 6.45) is 0. The molecule has 0 saturated heterocycles. The number of nitrogens with two attached hydrogens (primary N) is 1. The summed E-state index contributed by atoms with van der Waals surface area (Å²) >= 11 is 16.7. The van der Waals surface area contributed by atoms with Crippen molar-refractivity contribution in [2.45, 2.75) is 0 Å². The normalized spacial score (nSPS) is 10.2. The molecule has 0 unspecified atom stereocenters. The maximum absolute atomic E-state index is 5.99. The van der Waals surface area contributed by atoms with Crippen molar-refractivity contribution >= 4 is 40.4 Å². The van der Waals surface area contributed by atoms with Crippen LogP contribution in [0.2, 0.25) is 10.0 Å². The molecule has 2 aromatic carbocycles. The summed E-state index contributed by atoms with van der Waals surface area (Å²) in [6.45, 7) is 0.742. The van der Waals surface area contributed by atoms with Crippen LogP contribution >= 0.6 is 35.4 Å². The lowest BCUT2D eigenvalue weighted by Gasteiger charge is -2.10. The van der Waals surface area contributed by atoms with Crippen LogP contribution in [-0.2, 0) is 0 Å². The Morgan fingerprint density at radius 3 is 2.33 bits per heavy atom. The fourth-order valence-corrected chi connectivity index (χ4v) is 2.08. The van der Waals surface area contributed by atoms with Crippen molar-refractivity contribution in [1.82, 2.24) is 0 Å². The number of rotatable bonds is 6. The number of halogens is 2. The van der Waals surface area contributed by atoms with E-state index in [0.717, 1.165) is 11.3 Å².